The van der Waals surface area contributed by atoms with E-state index in [2.05, 4.69) is 0 Å². The summed E-state index contributed by atoms with van der Waals surface area (Å²) >= 11 is 0. The maximum atomic E-state index is 8.41. The third-order valence-electron chi connectivity index (χ3n) is 3.37. The number of hydrogen-bond acceptors (Lipinski definition) is 0. The van der Waals surface area contributed by atoms with Crippen molar-refractivity contribution in [3.8, 4) is 11.3 Å². The van der Waals surface area contributed by atoms with Gasteiger partial charge in [-0.05, 0) is 36.4 Å². The van der Waals surface area contributed by atoms with Gasteiger partial charge in [-0.3, -0.25) is 0 Å². The molecule has 19 heavy (non-hydrogen) atoms. The van der Waals surface area contributed by atoms with Gasteiger partial charge in [0.05, 0.1) is 0 Å². The fraction of sp³-hybridized carbons (Fsp3) is 0.389. The van der Waals surface area contributed by atoms with Crippen LogP contribution in [0.1, 0.15) is 51.5 Å². The third-order valence-corrected chi connectivity index (χ3v) is 3.37. The van der Waals surface area contributed by atoms with Crippen molar-refractivity contribution >= 4 is 0 Å². The van der Waals surface area contributed by atoms with Gasteiger partial charge in [-0.25, -0.2) is 4.57 Å². The van der Waals surface area contributed by atoms with Crippen LogP contribution in [-0.2, 0) is 13.4 Å². The molecule has 0 amide bonds. The molecule has 0 bridgehead atoms. The predicted octanol–water partition coefficient (Wildman–Crippen LogP) is 4.17. The molecule has 1 aromatic heterocycles. The molecule has 0 aliphatic rings. The van der Waals surface area contributed by atoms with Crippen LogP contribution in [0, 0.1) is 6.92 Å². The highest BCUT2D eigenvalue weighted by atomic mass is 14.9. The highest BCUT2D eigenvalue weighted by molar-refractivity contribution is 5.61. The lowest BCUT2D eigenvalue weighted by molar-refractivity contribution is -0.661. The van der Waals surface area contributed by atoms with Gasteiger partial charge < -0.3 is 0 Å². The lowest BCUT2D eigenvalue weighted by atomic mass is 9.95. The molecule has 0 saturated carbocycles. The molecule has 0 saturated heterocycles. The Morgan fingerprint density at radius 2 is 2.16 bits per heavy atom. The first kappa shape index (κ1) is 7.84. The Bertz CT molecular complexity index is 787. The largest absolute Gasteiger partial charge is 0.212 e. The second kappa shape index (κ2) is 5.56. The number of rotatable bonds is 3. The van der Waals surface area contributed by atoms with Gasteiger partial charge in [0.1, 0.15) is 7.05 Å². The van der Waals surface area contributed by atoms with E-state index in [1.54, 1.807) is 23.9 Å². The average molecular weight is 260 g/mol. The summed E-state index contributed by atoms with van der Waals surface area (Å²) in [4.78, 5) is 0. The summed E-state index contributed by atoms with van der Waals surface area (Å²) in [6.45, 7) is 2.12. The molecule has 1 aromatic carbocycles. The molecule has 0 fully saturated rings. The molecule has 1 nitrogen and oxygen atoms in total. The summed E-state index contributed by atoms with van der Waals surface area (Å²) in [7, 11) is 1.79. The minimum atomic E-state index is -2.57. The van der Waals surface area contributed by atoms with E-state index in [9.17, 15) is 0 Å². The Kier molecular flexibility index (Phi) is 2.29. The zero-order chi connectivity index (χ0) is 19.2. The number of hydrogen-bond donors (Lipinski definition) is 0. The van der Waals surface area contributed by atoms with Gasteiger partial charge in [-0.15, -0.1) is 0 Å². The van der Waals surface area contributed by atoms with Crippen LogP contribution in [0.3, 0.4) is 0 Å². The molecular weight excluding hydrogens is 230 g/mol. The number of pyridine rings is 1. The van der Waals surface area contributed by atoms with Crippen molar-refractivity contribution in [1.82, 2.24) is 0 Å². The fourth-order valence-electron chi connectivity index (χ4n) is 2.28. The number of nitrogens with zero attached hydrogens (tertiary/aromatic N) is 1. The summed E-state index contributed by atoms with van der Waals surface area (Å²) in [5.74, 6) is -1.91. The quantitative estimate of drug-likeness (QED) is 0.729. The highest BCUT2D eigenvalue weighted by Gasteiger charge is 2.17. The van der Waals surface area contributed by atoms with Crippen molar-refractivity contribution in [3.05, 3.63) is 53.2 Å². The van der Waals surface area contributed by atoms with Gasteiger partial charge in [0.25, 0.3) is 0 Å². The highest BCUT2D eigenvalue weighted by Crippen LogP contribution is 2.25. The van der Waals surface area contributed by atoms with Gasteiger partial charge in [0.15, 0.2) is 6.20 Å². The smallest absolute Gasteiger partial charge is 0.201 e. The summed E-state index contributed by atoms with van der Waals surface area (Å²) in [6, 6.07) is 9.44. The van der Waals surface area contributed by atoms with Gasteiger partial charge in [0.2, 0.25) is 5.69 Å². The maximum absolute atomic E-state index is 8.41. The molecule has 2 rings (SSSR count). The van der Waals surface area contributed by atoms with Crippen molar-refractivity contribution in [2.24, 2.45) is 7.05 Å². The fourth-order valence-corrected chi connectivity index (χ4v) is 2.28. The Balaban J connectivity index is 2.82. The van der Waals surface area contributed by atoms with E-state index in [-0.39, 0.29) is 11.1 Å². The van der Waals surface area contributed by atoms with E-state index in [4.69, 9.17) is 8.22 Å². The molecule has 0 N–H and O–H groups in total. The molecular formula is C18H24N+. The normalized spacial score (nSPS) is 20.2. The van der Waals surface area contributed by atoms with Crippen LogP contribution in [0.25, 0.3) is 11.3 Å². The third kappa shape index (κ3) is 2.70. The molecule has 100 valence electrons. The Hall–Kier alpha value is -1.63. The first-order valence-electron chi connectivity index (χ1n) is 9.37. The van der Waals surface area contributed by atoms with E-state index in [0.29, 0.717) is 0 Å². The molecule has 1 unspecified atom stereocenters. The molecule has 0 radical (unpaired) electrons. The number of aromatic nitrogens is 1. The van der Waals surface area contributed by atoms with Crippen molar-refractivity contribution < 1.29 is 12.8 Å². The molecule has 0 aliphatic heterocycles. The van der Waals surface area contributed by atoms with Gasteiger partial charge in [-0.2, -0.15) is 0 Å². The zero-order valence-corrected chi connectivity index (χ0v) is 11.9. The standard InChI is InChI=1S/C18H24N/c1-6-15-11-18(16-10-8-7-9-14(16)4)19(5)12-17(15)13(2)3/h7-13H,6H2,1-5H3/q+1/i2D3,6D2,13D. The lowest BCUT2D eigenvalue weighted by Crippen LogP contribution is -2.32. The van der Waals surface area contributed by atoms with Crippen molar-refractivity contribution in [3.63, 3.8) is 0 Å². The molecule has 0 aliphatic carbocycles. The van der Waals surface area contributed by atoms with Crippen molar-refractivity contribution in [2.75, 3.05) is 0 Å². The zero-order valence-electron chi connectivity index (χ0n) is 17.9. The number of benzene rings is 1. The van der Waals surface area contributed by atoms with Crippen molar-refractivity contribution in [1.29, 1.82) is 0 Å². The summed E-state index contributed by atoms with van der Waals surface area (Å²) in [5, 5.41) is 0. The van der Waals surface area contributed by atoms with Crippen LogP contribution in [0.15, 0.2) is 36.5 Å². The van der Waals surface area contributed by atoms with Crippen LogP contribution in [0.2, 0.25) is 0 Å². The van der Waals surface area contributed by atoms with Gasteiger partial charge in [-0.1, -0.05) is 38.9 Å². The predicted molar refractivity (Wildman–Crippen MR) is 81.3 cm³/mol. The SMILES string of the molecule is [2H]C([2H])(C)c1cc(-c2ccccc2C)[n+](C)cc1C([2H])(C)C([2H])([2H])[2H]. The molecule has 1 atom stereocenters. The molecule has 1 heteroatoms. The Morgan fingerprint density at radius 1 is 1.42 bits per heavy atom. The van der Waals surface area contributed by atoms with Crippen LogP contribution < -0.4 is 4.57 Å². The van der Waals surface area contributed by atoms with E-state index >= 15 is 0 Å². The molecule has 1 heterocycles. The van der Waals surface area contributed by atoms with Crippen LogP contribution >= 0.6 is 0 Å². The molecule has 0 spiro atoms. The van der Waals surface area contributed by atoms with Crippen LogP contribution in [-0.4, -0.2) is 0 Å². The van der Waals surface area contributed by atoms with E-state index in [1.165, 1.54) is 13.8 Å². The summed E-state index contributed by atoms with van der Waals surface area (Å²) in [6.07, 6.45) is -0.188. The van der Waals surface area contributed by atoms with Crippen molar-refractivity contribution in [2.45, 2.75) is 39.9 Å². The maximum Gasteiger partial charge on any atom is 0.212 e. The van der Waals surface area contributed by atoms with Gasteiger partial charge >= 0.3 is 0 Å². The monoisotopic (exact) mass is 260 g/mol. The number of aryl methyl sites for hydroxylation is 3. The molecule has 2 aromatic rings. The first-order valence-corrected chi connectivity index (χ1v) is 6.37. The Labute approximate surface area is 125 Å². The van der Waals surface area contributed by atoms with Gasteiger partial charge in [0, 0.05) is 25.4 Å². The minimum absolute atomic E-state index is 0.180. The second-order valence-electron chi connectivity index (χ2n) is 4.79. The van der Waals surface area contributed by atoms with Crippen LogP contribution in [0.5, 0.6) is 0 Å². The Morgan fingerprint density at radius 3 is 2.79 bits per heavy atom. The second-order valence-corrected chi connectivity index (χ2v) is 4.79. The van der Waals surface area contributed by atoms with E-state index < -0.39 is 19.1 Å². The van der Waals surface area contributed by atoms with E-state index in [0.717, 1.165) is 16.8 Å². The summed E-state index contributed by atoms with van der Waals surface area (Å²) < 4.78 is 49.7. The van der Waals surface area contributed by atoms with E-state index in [1.807, 2.05) is 31.2 Å². The lowest BCUT2D eigenvalue weighted by Gasteiger charge is -2.12. The minimum Gasteiger partial charge on any atom is -0.201 e. The topological polar surface area (TPSA) is 3.88 Å². The first-order chi connectivity index (χ1) is 11.3. The average Bonchev–Trinajstić information content (AvgIpc) is 2.45. The van der Waals surface area contributed by atoms with Crippen LogP contribution in [0.4, 0.5) is 0 Å². The summed E-state index contributed by atoms with van der Waals surface area (Å²) in [5.41, 5.74) is 3.18.